The first-order valence-corrected chi connectivity index (χ1v) is 6.36. The van der Waals surface area contributed by atoms with Gasteiger partial charge in [0.05, 0.1) is 5.56 Å². The molecule has 2 heterocycles. The third kappa shape index (κ3) is 2.35. The molecule has 6 nitrogen and oxygen atoms in total. The van der Waals surface area contributed by atoms with Crippen molar-refractivity contribution in [1.29, 1.82) is 0 Å². The highest BCUT2D eigenvalue weighted by molar-refractivity contribution is 9.10. The first-order valence-electron chi connectivity index (χ1n) is 5.56. The molecule has 0 aliphatic carbocycles. The zero-order valence-electron chi connectivity index (χ0n) is 9.91. The number of hydrogen-bond donors (Lipinski definition) is 1. The Balaban J connectivity index is 1.98. The molecule has 0 saturated heterocycles. The molecule has 0 aliphatic rings. The lowest BCUT2D eigenvalue weighted by Crippen LogP contribution is -1.96. The van der Waals surface area contributed by atoms with Crippen LogP contribution in [0.1, 0.15) is 10.4 Å². The van der Waals surface area contributed by atoms with Crippen molar-refractivity contribution in [3.63, 3.8) is 0 Å². The van der Waals surface area contributed by atoms with E-state index in [-0.39, 0.29) is 11.5 Å². The quantitative estimate of drug-likeness (QED) is 0.788. The molecule has 3 rings (SSSR count). The zero-order valence-corrected chi connectivity index (χ0v) is 11.5. The van der Waals surface area contributed by atoms with E-state index < -0.39 is 5.97 Å². The summed E-state index contributed by atoms with van der Waals surface area (Å²) >= 11 is 3.18. The van der Waals surface area contributed by atoms with Crippen LogP contribution in [0.4, 0.5) is 0 Å². The fraction of sp³-hybridized carbons (Fsp3) is 0. The summed E-state index contributed by atoms with van der Waals surface area (Å²) in [6.45, 7) is 0. The molecule has 3 aromatic rings. The third-order valence-corrected chi connectivity index (χ3v) is 3.00. The summed E-state index contributed by atoms with van der Waals surface area (Å²) in [6, 6.07) is 9.71. The van der Waals surface area contributed by atoms with Crippen LogP contribution in [0, 0.1) is 0 Å². The smallest absolute Gasteiger partial charge is 0.335 e. The standard InChI is InChI=1S/C13H7BrN2O4/c14-10-5-4-9(19-10)12-15-11(16-20-12)7-2-1-3-8(6-7)13(17)18/h1-6H,(H,17,18). The molecule has 0 aliphatic heterocycles. The Hall–Kier alpha value is -2.41. The molecular formula is C13H7BrN2O4. The van der Waals surface area contributed by atoms with Crippen LogP contribution in [0.5, 0.6) is 0 Å². The Labute approximate surface area is 121 Å². The van der Waals surface area contributed by atoms with Gasteiger partial charge in [-0.2, -0.15) is 4.98 Å². The van der Waals surface area contributed by atoms with E-state index >= 15 is 0 Å². The van der Waals surface area contributed by atoms with Crippen LogP contribution < -0.4 is 0 Å². The Morgan fingerprint density at radius 2 is 2.10 bits per heavy atom. The minimum atomic E-state index is -1.01. The largest absolute Gasteiger partial charge is 0.478 e. The van der Waals surface area contributed by atoms with Gasteiger partial charge in [0.25, 0.3) is 5.89 Å². The summed E-state index contributed by atoms with van der Waals surface area (Å²) < 4.78 is 11.0. The Kier molecular flexibility index (Phi) is 3.11. The highest BCUT2D eigenvalue weighted by Gasteiger charge is 2.14. The molecule has 0 atom stereocenters. The van der Waals surface area contributed by atoms with Crippen LogP contribution in [0.25, 0.3) is 23.0 Å². The first kappa shape index (κ1) is 12.6. The summed E-state index contributed by atoms with van der Waals surface area (Å²) in [5.41, 5.74) is 0.722. The number of halogens is 1. The fourth-order valence-corrected chi connectivity index (χ4v) is 1.97. The zero-order chi connectivity index (χ0) is 14.1. The first-order chi connectivity index (χ1) is 9.63. The van der Waals surface area contributed by atoms with Crippen molar-refractivity contribution in [3.05, 3.63) is 46.6 Å². The molecule has 0 fully saturated rings. The molecule has 0 spiro atoms. The van der Waals surface area contributed by atoms with E-state index in [0.29, 0.717) is 21.8 Å². The molecule has 0 radical (unpaired) electrons. The molecule has 0 bridgehead atoms. The van der Waals surface area contributed by atoms with E-state index in [2.05, 4.69) is 26.1 Å². The molecular weight excluding hydrogens is 328 g/mol. The monoisotopic (exact) mass is 334 g/mol. The molecule has 7 heteroatoms. The summed E-state index contributed by atoms with van der Waals surface area (Å²) in [5.74, 6) is -0.0439. The Morgan fingerprint density at radius 3 is 2.80 bits per heavy atom. The maximum Gasteiger partial charge on any atom is 0.335 e. The lowest BCUT2D eigenvalue weighted by Gasteiger charge is -1.96. The maximum absolute atomic E-state index is 10.9. The van der Waals surface area contributed by atoms with Gasteiger partial charge in [0.15, 0.2) is 10.4 Å². The average molecular weight is 335 g/mol. The highest BCUT2D eigenvalue weighted by atomic mass is 79.9. The number of rotatable bonds is 3. The summed E-state index contributed by atoms with van der Waals surface area (Å²) in [5, 5.41) is 12.8. The number of aromatic nitrogens is 2. The second kappa shape index (κ2) is 4.93. The predicted octanol–water partition coefficient (Wildman–Crippen LogP) is 3.46. The van der Waals surface area contributed by atoms with Gasteiger partial charge in [0, 0.05) is 5.56 Å². The van der Waals surface area contributed by atoms with Gasteiger partial charge in [-0.25, -0.2) is 4.79 Å². The lowest BCUT2D eigenvalue weighted by atomic mass is 10.1. The van der Waals surface area contributed by atoms with Gasteiger partial charge in [-0.15, -0.1) is 0 Å². The molecule has 1 aromatic carbocycles. The van der Waals surface area contributed by atoms with E-state index in [4.69, 9.17) is 14.0 Å². The van der Waals surface area contributed by atoms with E-state index in [1.807, 2.05) is 0 Å². The van der Waals surface area contributed by atoms with Crippen LogP contribution in [0.3, 0.4) is 0 Å². The predicted molar refractivity (Wildman–Crippen MR) is 72.1 cm³/mol. The molecule has 20 heavy (non-hydrogen) atoms. The Morgan fingerprint density at radius 1 is 1.25 bits per heavy atom. The SMILES string of the molecule is O=C(O)c1cccc(-c2noc(-c3ccc(Br)o3)n2)c1. The van der Waals surface area contributed by atoms with Crippen molar-refractivity contribution in [2.24, 2.45) is 0 Å². The average Bonchev–Trinajstić information content (AvgIpc) is 3.07. The molecule has 1 N–H and O–H groups in total. The van der Waals surface area contributed by atoms with Crippen LogP contribution >= 0.6 is 15.9 Å². The number of benzene rings is 1. The van der Waals surface area contributed by atoms with E-state index in [1.54, 1.807) is 24.3 Å². The third-order valence-electron chi connectivity index (χ3n) is 2.58. The van der Waals surface area contributed by atoms with Gasteiger partial charge in [-0.3, -0.25) is 0 Å². The van der Waals surface area contributed by atoms with Crippen molar-refractivity contribution in [1.82, 2.24) is 10.1 Å². The van der Waals surface area contributed by atoms with Crippen LogP contribution in [-0.4, -0.2) is 21.2 Å². The van der Waals surface area contributed by atoms with Gasteiger partial charge in [-0.05, 0) is 40.2 Å². The second-order valence-electron chi connectivity index (χ2n) is 3.91. The molecule has 2 aromatic heterocycles. The van der Waals surface area contributed by atoms with E-state index in [1.165, 1.54) is 12.1 Å². The lowest BCUT2D eigenvalue weighted by molar-refractivity contribution is 0.0697. The number of carboxylic acid groups (broad SMARTS) is 1. The number of nitrogens with zero attached hydrogens (tertiary/aromatic N) is 2. The molecule has 0 unspecified atom stereocenters. The van der Waals surface area contributed by atoms with E-state index in [9.17, 15) is 4.79 Å². The molecule has 0 saturated carbocycles. The molecule has 100 valence electrons. The van der Waals surface area contributed by atoms with Gasteiger partial charge in [-0.1, -0.05) is 17.3 Å². The van der Waals surface area contributed by atoms with Gasteiger partial charge in [0.2, 0.25) is 5.82 Å². The van der Waals surface area contributed by atoms with Crippen LogP contribution in [-0.2, 0) is 0 Å². The van der Waals surface area contributed by atoms with Gasteiger partial charge in [0.1, 0.15) is 0 Å². The maximum atomic E-state index is 10.9. The van der Waals surface area contributed by atoms with Crippen LogP contribution in [0.15, 0.2) is 50.0 Å². The molecule has 0 amide bonds. The van der Waals surface area contributed by atoms with Gasteiger partial charge < -0.3 is 14.0 Å². The van der Waals surface area contributed by atoms with Crippen molar-refractivity contribution in [3.8, 4) is 23.0 Å². The van der Waals surface area contributed by atoms with Gasteiger partial charge >= 0.3 is 5.97 Å². The highest BCUT2D eigenvalue weighted by Crippen LogP contribution is 2.26. The number of furan rings is 1. The number of hydrogen-bond acceptors (Lipinski definition) is 5. The number of carbonyl (C=O) groups is 1. The summed E-state index contributed by atoms with van der Waals surface area (Å²) in [6.07, 6.45) is 0. The summed E-state index contributed by atoms with van der Waals surface area (Å²) in [7, 11) is 0. The van der Waals surface area contributed by atoms with Crippen molar-refractivity contribution >= 4 is 21.9 Å². The number of carboxylic acids is 1. The number of aromatic carboxylic acids is 1. The topological polar surface area (TPSA) is 89.4 Å². The minimum absolute atomic E-state index is 0.162. The van der Waals surface area contributed by atoms with E-state index in [0.717, 1.165) is 0 Å². The fourth-order valence-electron chi connectivity index (χ4n) is 1.66. The normalized spacial score (nSPS) is 10.7. The minimum Gasteiger partial charge on any atom is -0.478 e. The van der Waals surface area contributed by atoms with Crippen molar-refractivity contribution < 1.29 is 18.8 Å². The van der Waals surface area contributed by atoms with Crippen LogP contribution in [0.2, 0.25) is 0 Å². The summed E-state index contributed by atoms with van der Waals surface area (Å²) in [4.78, 5) is 15.1. The Bertz CT molecular complexity index is 778. The van der Waals surface area contributed by atoms with Crippen molar-refractivity contribution in [2.75, 3.05) is 0 Å². The second-order valence-corrected chi connectivity index (χ2v) is 4.69. The van der Waals surface area contributed by atoms with Crippen molar-refractivity contribution in [2.45, 2.75) is 0 Å².